The monoisotopic (exact) mass is 515 g/mol. The van der Waals surface area contributed by atoms with Gasteiger partial charge >= 0.3 is 6.09 Å². The molecule has 6 rings (SSSR count). The van der Waals surface area contributed by atoms with E-state index in [1.54, 1.807) is 4.90 Å². The topological polar surface area (TPSA) is 99.3 Å². The maximum atomic E-state index is 13.2. The first kappa shape index (κ1) is 24.9. The summed E-state index contributed by atoms with van der Waals surface area (Å²) in [6.07, 6.45) is 4.62. The number of anilines is 1. The molecule has 3 aromatic rings. The second-order valence-electron chi connectivity index (χ2n) is 11.9. The van der Waals surface area contributed by atoms with Gasteiger partial charge in [0.25, 0.3) is 0 Å². The molecule has 38 heavy (non-hydrogen) atoms. The van der Waals surface area contributed by atoms with Gasteiger partial charge in [0.15, 0.2) is 5.78 Å². The molecule has 1 unspecified atom stereocenters. The van der Waals surface area contributed by atoms with E-state index in [2.05, 4.69) is 45.9 Å². The van der Waals surface area contributed by atoms with Crippen LogP contribution in [0.2, 0.25) is 0 Å². The summed E-state index contributed by atoms with van der Waals surface area (Å²) in [6.45, 7) is 7.17. The fraction of sp³-hybridized carbons (Fsp3) is 0.500. The Bertz CT molecular complexity index is 1370. The number of hydrogen-bond donors (Lipinski definition) is 3. The highest BCUT2D eigenvalue weighted by Crippen LogP contribution is 2.36. The molecule has 0 spiro atoms. The molecule has 1 aromatic heterocycles. The normalized spacial score (nSPS) is 23.0. The molecule has 3 N–H and O–H groups in total. The predicted octanol–water partition coefficient (Wildman–Crippen LogP) is 5.21. The van der Waals surface area contributed by atoms with Crippen molar-refractivity contribution in [2.75, 3.05) is 18.4 Å². The van der Waals surface area contributed by atoms with Crippen LogP contribution in [0.3, 0.4) is 0 Å². The van der Waals surface area contributed by atoms with Gasteiger partial charge in [-0.2, -0.15) is 0 Å². The van der Waals surface area contributed by atoms with Crippen LogP contribution >= 0.6 is 0 Å². The van der Waals surface area contributed by atoms with Gasteiger partial charge in [0.05, 0.1) is 29.2 Å². The van der Waals surface area contributed by atoms with Crippen molar-refractivity contribution in [2.24, 2.45) is 0 Å². The number of fused-ring (bicyclic) bond motifs is 2. The van der Waals surface area contributed by atoms with E-state index in [-0.39, 0.29) is 11.8 Å². The van der Waals surface area contributed by atoms with E-state index < -0.39 is 17.7 Å². The quantitative estimate of drug-likeness (QED) is 0.432. The number of aromatic amines is 1. The number of H-pyrrole nitrogens is 1. The highest BCUT2D eigenvalue weighted by molar-refractivity contribution is 5.89. The van der Waals surface area contributed by atoms with E-state index in [0.717, 1.165) is 53.9 Å². The van der Waals surface area contributed by atoms with Gasteiger partial charge in [0.1, 0.15) is 11.4 Å². The number of nitrogens with zero attached hydrogens (tertiary/aromatic N) is 2. The van der Waals surface area contributed by atoms with Crippen LogP contribution in [0.15, 0.2) is 36.4 Å². The summed E-state index contributed by atoms with van der Waals surface area (Å²) in [5.74, 6) is 1.10. The minimum absolute atomic E-state index is 0.0769. The highest BCUT2D eigenvalue weighted by atomic mass is 16.6. The van der Waals surface area contributed by atoms with Crippen LogP contribution in [-0.4, -0.2) is 51.5 Å². The molecule has 8 nitrogen and oxygen atoms in total. The number of carbonyl (C=O) groups is 2. The molecule has 8 heteroatoms. The number of amides is 1. The minimum Gasteiger partial charge on any atom is -0.444 e. The Kier molecular flexibility index (Phi) is 6.38. The lowest BCUT2D eigenvalue weighted by Crippen LogP contribution is -2.43. The first-order valence-corrected chi connectivity index (χ1v) is 13.9. The summed E-state index contributed by atoms with van der Waals surface area (Å²) in [5.41, 5.74) is 6.04. The van der Waals surface area contributed by atoms with E-state index in [0.29, 0.717) is 25.4 Å². The van der Waals surface area contributed by atoms with Crippen LogP contribution < -0.4 is 10.6 Å². The maximum absolute atomic E-state index is 13.2. The molecular formula is C30H37N5O3. The van der Waals surface area contributed by atoms with E-state index in [1.165, 1.54) is 17.5 Å². The zero-order valence-electron chi connectivity index (χ0n) is 22.5. The van der Waals surface area contributed by atoms with Crippen molar-refractivity contribution in [3.8, 4) is 0 Å². The third-order valence-electron chi connectivity index (χ3n) is 7.87. The fourth-order valence-electron chi connectivity index (χ4n) is 6.03. The smallest absolute Gasteiger partial charge is 0.410 e. The molecular weight excluding hydrogens is 478 g/mol. The molecule has 2 aromatic carbocycles. The summed E-state index contributed by atoms with van der Waals surface area (Å²) in [7, 11) is 0. The van der Waals surface area contributed by atoms with Gasteiger partial charge in [0, 0.05) is 18.7 Å². The second kappa shape index (κ2) is 9.73. The van der Waals surface area contributed by atoms with E-state index in [4.69, 9.17) is 9.72 Å². The van der Waals surface area contributed by atoms with Gasteiger partial charge in [-0.3, -0.25) is 9.69 Å². The molecule has 3 atom stereocenters. The predicted molar refractivity (Wildman–Crippen MR) is 147 cm³/mol. The summed E-state index contributed by atoms with van der Waals surface area (Å²) in [4.78, 5) is 35.8. The van der Waals surface area contributed by atoms with Gasteiger partial charge in [-0.25, -0.2) is 9.78 Å². The van der Waals surface area contributed by atoms with Crippen LogP contribution in [0, 0.1) is 0 Å². The largest absolute Gasteiger partial charge is 0.444 e. The second-order valence-corrected chi connectivity index (χ2v) is 11.9. The Morgan fingerprint density at radius 1 is 1.08 bits per heavy atom. The third kappa shape index (κ3) is 5.01. The fourth-order valence-corrected chi connectivity index (χ4v) is 6.03. The lowest BCUT2D eigenvalue weighted by atomic mass is 9.98. The lowest BCUT2D eigenvalue weighted by molar-refractivity contribution is -0.122. The number of nitrogens with one attached hydrogen (secondary N) is 3. The molecule has 3 aliphatic heterocycles. The molecule has 0 aliphatic carbocycles. The van der Waals surface area contributed by atoms with E-state index >= 15 is 0 Å². The van der Waals surface area contributed by atoms with Crippen LogP contribution in [0.4, 0.5) is 10.5 Å². The van der Waals surface area contributed by atoms with Crippen molar-refractivity contribution in [2.45, 2.75) is 83.0 Å². The molecule has 1 amide bonds. The summed E-state index contributed by atoms with van der Waals surface area (Å²) in [6, 6.07) is 12.8. The van der Waals surface area contributed by atoms with Crippen molar-refractivity contribution in [1.82, 2.24) is 20.2 Å². The number of rotatable bonds is 5. The summed E-state index contributed by atoms with van der Waals surface area (Å²) in [5, 5.41) is 7.17. The Hall–Kier alpha value is -3.39. The van der Waals surface area contributed by atoms with Crippen molar-refractivity contribution in [1.29, 1.82) is 0 Å². The Morgan fingerprint density at radius 2 is 1.95 bits per heavy atom. The number of likely N-dealkylation sites (tertiary alicyclic amines) is 1. The number of imidazole rings is 1. The van der Waals surface area contributed by atoms with Gasteiger partial charge in [0.2, 0.25) is 0 Å². The number of Topliss-reactive ketones (excluding diaryl/α,β-unsaturated/α-hetero) is 1. The lowest BCUT2D eigenvalue weighted by Gasteiger charge is -2.28. The number of aromatic nitrogens is 2. The summed E-state index contributed by atoms with van der Waals surface area (Å²) < 4.78 is 5.54. The first-order valence-electron chi connectivity index (χ1n) is 13.9. The number of benzene rings is 2. The Labute approximate surface area is 223 Å². The molecule has 0 radical (unpaired) electrons. The molecule has 0 saturated carbocycles. The van der Waals surface area contributed by atoms with Crippen LogP contribution in [0.25, 0.3) is 11.0 Å². The van der Waals surface area contributed by atoms with E-state index in [9.17, 15) is 9.59 Å². The molecule has 200 valence electrons. The van der Waals surface area contributed by atoms with Crippen molar-refractivity contribution in [3.05, 3.63) is 58.9 Å². The zero-order chi connectivity index (χ0) is 26.4. The number of carbonyl (C=O) groups excluding carboxylic acids is 2. The van der Waals surface area contributed by atoms with Gasteiger partial charge in [-0.1, -0.05) is 18.2 Å². The Morgan fingerprint density at radius 3 is 2.74 bits per heavy atom. The number of hydrogen-bond acceptors (Lipinski definition) is 6. The number of ether oxygens (including phenoxy) is 1. The maximum Gasteiger partial charge on any atom is 0.410 e. The average Bonchev–Trinajstić information content (AvgIpc) is 3.67. The number of ketones is 1. The highest BCUT2D eigenvalue weighted by Gasteiger charge is 2.36. The first-order chi connectivity index (χ1) is 18.2. The van der Waals surface area contributed by atoms with Gasteiger partial charge in [-0.05, 0) is 94.3 Å². The van der Waals surface area contributed by atoms with E-state index in [1.807, 2.05) is 26.8 Å². The SMILES string of the molecule is CC(C)(C)OC(=O)N1CCC[C@H]1C(=O)Cc1ccc2c(c1)CC(c1ccc3nc([C@@H]4CCCN4)[nH]c3c1)N2. The third-order valence-corrected chi connectivity index (χ3v) is 7.87. The zero-order valence-corrected chi connectivity index (χ0v) is 22.5. The molecule has 2 fully saturated rings. The van der Waals surface area contributed by atoms with Crippen LogP contribution in [0.5, 0.6) is 0 Å². The minimum atomic E-state index is -0.575. The van der Waals surface area contributed by atoms with Crippen LogP contribution in [-0.2, 0) is 22.4 Å². The molecule has 0 bridgehead atoms. The molecule has 2 saturated heterocycles. The van der Waals surface area contributed by atoms with Crippen molar-refractivity contribution < 1.29 is 14.3 Å². The van der Waals surface area contributed by atoms with Gasteiger partial charge in [-0.15, -0.1) is 0 Å². The van der Waals surface area contributed by atoms with Crippen molar-refractivity contribution >= 4 is 28.6 Å². The van der Waals surface area contributed by atoms with Gasteiger partial charge < -0.3 is 20.4 Å². The average molecular weight is 516 g/mol. The Balaban J connectivity index is 1.12. The standard InChI is InChI=1S/C30H37N5O3/c1-30(2,3)38-29(37)35-13-5-7-26(35)27(36)15-18-8-10-21-20(14-18)17-24(32-21)19-9-11-22-25(16-19)34-28(33-22)23-6-4-12-31-23/h8-11,14,16,23-24,26,31-32H,4-7,12-13,15,17H2,1-3H3,(H,33,34)/t23-,24?,26-/m0/s1. The molecule has 4 heterocycles. The van der Waals surface area contributed by atoms with Crippen molar-refractivity contribution in [3.63, 3.8) is 0 Å². The molecule has 3 aliphatic rings. The van der Waals surface area contributed by atoms with Crippen LogP contribution in [0.1, 0.15) is 81.1 Å². The summed E-state index contributed by atoms with van der Waals surface area (Å²) >= 11 is 0.